The molecule has 0 aliphatic heterocycles. The lowest BCUT2D eigenvalue weighted by molar-refractivity contribution is -0.145. The second-order valence-electron chi connectivity index (χ2n) is 10.6. The Labute approximate surface area is 252 Å². The molecule has 0 amide bonds. The van der Waals surface area contributed by atoms with Crippen molar-refractivity contribution >= 4 is 27.0 Å². The molecule has 4 aromatic carbocycles. The number of rotatable bonds is 10. The number of benzene rings is 4. The van der Waals surface area contributed by atoms with Gasteiger partial charge in [0.15, 0.2) is 0 Å². The number of furan rings is 1. The van der Waals surface area contributed by atoms with Crippen LogP contribution in [0.15, 0.2) is 100 Å². The van der Waals surface area contributed by atoms with Crippen LogP contribution in [-0.2, 0) is 32.5 Å². The van der Waals surface area contributed by atoms with Gasteiger partial charge in [-0.15, -0.1) is 0 Å². The summed E-state index contributed by atoms with van der Waals surface area (Å²) in [5.74, 6) is 0.691. The van der Waals surface area contributed by atoms with Gasteiger partial charge in [-0.25, -0.2) is 8.42 Å². The predicted molar refractivity (Wildman–Crippen MR) is 168 cm³/mol. The van der Waals surface area contributed by atoms with Gasteiger partial charge in [-0.1, -0.05) is 72.8 Å². The molecule has 1 aromatic heterocycles. The maximum absolute atomic E-state index is 14.6. The van der Waals surface area contributed by atoms with Crippen LogP contribution in [0.2, 0.25) is 0 Å². The predicted octanol–water partition coefficient (Wildman–Crippen LogP) is 7.01. The Balaban J connectivity index is 1.59. The van der Waals surface area contributed by atoms with Crippen LogP contribution < -0.4 is 4.74 Å². The SMILES string of the molecule is COC(=O)C(Cc1ccccc1)N(Cc1ccc(-c2cc3ccccc3o2)cc1)S(=O)(=O)c1c(C)cc(OC)c(C)c1C. The number of hydrogen-bond donors (Lipinski definition) is 0. The second kappa shape index (κ2) is 12.5. The van der Waals surface area contributed by atoms with Gasteiger partial charge in [0.25, 0.3) is 0 Å². The van der Waals surface area contributed by atoms with Gasteiger partial charge in [0.05, 0.1) is 19.1 Å². The molecule has 0 radical (unpaired) electrons. The van der Waals surface area contributed by atoms with Crippen LogP contribution in [0.4, 0.5) is 0 Å². The number of ether oxygens (including phenoxy) is 2. The van der Waals surface area contributed by atoms with Gasteiger partial charge in [0, 0.05) is 17.5 Å². The van der Waals surface area contributed by atoms with Crippen molar-refractivity contribution < 1.29 is 27.1 Å². The maximum atomic E-state index is 14.6. The number of esters is 1. The van der Waals surface area contributed by atoms with Crippen molar-refractivity contribution in [3.8, 4) is 17.1 Å². The van der Waals surface area contributed by atoms with E-state index >= 15 is 0 Å². The van der Waals surface area contributed by atoms with E-state index in [9.17, 15) is 13.2 Å². The Morgan fingerprint density at radius 3 is 2.16 bits per heavy atom. The minimum absolute atomic E-state index is 0.0424. The first-order valence-corrected chi connectivity index (χ1v) is 15.4. The molecule has 7 nitrogen and oxygen atoms in total. The Bertz CT molecular complexity index is 1830. The highest BCUT2D eigenvalue weighted by molar-refractivity contribution is 7.89. The molecule has 0 saturated heterocycles. The summed E-state index contributed by atoms with van der Waals surface area (Å²) < 4.78 is 47.2. The van der Waals surface area contributed by atoms with Crippen molar-refractivity contribution in [3.63, 3.8) is 0 Å². The van der Waals surface area contributed by atoms with E-state index in [2.05, 4.69) is 0 Å². The zero-order chi connectivity index (χ0) is 30.7. The molecule has 1 heterocycles. The van der Waals surface area contributed by atoms with Crippen molar-refractivity contribution in [3.05, 3.63) is 119 Å². The third kappa shape index (κ3) is 6.07. The fourth-order valence-electron chi connectivity index (χ4n) is 5.46. The molecular weight excluding hydrogens is 562 g/mol. The molecule has 222 valence electrons. The van der Waals surface area contributed by atoms with E-state index in [-0.39, 0.29) is 17.9 Å². The number of carbonyl (C=O) groups excluding carboxylic acids is 1. The first-order chi connectivity index (χ1) is 20.6. The van der Waals surface area contributed by atoms with Gasteiger partial charge in [-0.05, 0) is 73.2 Å². The molecule has 0 aliphatic rings. The number of methoxy groups -OCH3 is 2. The van der Waals surface area contributed by atoms with E-state index < -0.39 is 22.0 Å². The number of aryl methyl sites for hydroxylation is 1. The average molecular weight is 598 g/mol. The summed E-state index contributed by atoms with van der Waals surface area (Å²) in [4.78, 5) is 13.5. The molecule has 5 aromatic rings. The number of fused-ring (bicyclic) bond motifs is 1. The summed E-state index contributed by atoms with van der Waals surface area (Å²) in [6.45, 7) is 5.30. The van der Waals surface area contributed by atoms with E-state index in [1.165, 1.54) is 11.4 Å². The first-order valence-electron chi connectivity index (χ1n) is 14.0. The molecule has 0 aliphatic carbocycles. The Hall–Kier alpha value is -4.40. The lowest BCUT2D eigenvalue weighted by Crippen LogP contribution is -2.46. The highest BCUT2D eigenvalue weighted by Crippen LogP contribution is 2.35. The van der Waals surface area contributed by atoms with Gasteiger partial charge in [-0.2, -0.15) is 4.31 Å². The largest absolute Gasteiger partial charge is 0.496 e. The fraction of sp³-hybridized carbons (Fsp3) is 0.229. The standard InChI is InChI=1S/C35H35NO6S/c1-23-19-32(40-4)24(2)25(3)34(23)43(38,39)36(30(35(37)41-5)20-26-11-7-6-8-12-26)22-27-15-17-28(18-16-27)33-21-29-13-9-10-14-31(29)42-33/h6-19,21,30H,20,22H2,1-5H3. The zero-order valence-corrected chi connectivity index (χ0v) is 25.8. The normalized spacial score (nSPS) is 12.4. The van der Waals surface area contributed by atoms with Gasteiger partial charge in [0.1, 0.15) is 23.1 Å². The van der Waals surface area contributed by atoms with Crippen LogP contribution in [-0.4, -0.2) is 39.0 Å². The van der Waals surface area contributed by atoms with E-state index in [0.29, 0.717) is 28.2 Å². The monoisotopic (exact) mass is 597 g/mol. The van der Waals surface area contributed by atoms with Crippen molar-refractivity contribution in [2.24, 2.45) is 0 Å². The Kier molecular flexibility index (Phi) is 8.71. The van der Waals surface area contributed by atoms with Crippen molar-refractivity contribution in [2.45, 2.75) is 44.7 Å². The van der Waals surface area contributed by atoms with Crippen LogP contribution in [0.3, 0.4) is 0 Å². The van der Waals surface area contributed by atoms with Gasteiger partial charge >= 0.3 is 5.97 Å². The third-order valence-corrected chi connectivity index (χ3v) is 10.0. The van der Waals surface area contributed by atoms with Crippen molar-refractivity contribution in [1.29, 1.82) is 0 Å². The molecule has 43 heavy (non-hydrogen) atoms. The molecule has 1 unspecified atom stereocenters. The Morgan fingerprint density at radius 1 is 0.837 bits per heavy atom. The average Bonchev–Trinajstić information content (AvgIpc) is 3.45. The molecule has 0 N–H and O–H groups in total. The van der Waals surface area contributed by atoms with Crippen molar-refractivity contribution in [1.82, 2.24) is 4.31 Å². The summed E-state index contributed by atoms with van der Waals surface area (Å²) in [7, 11) is -1.37. The Morgan fingerprint density at radius 2 is 1.51 bits per heavy atom. The summed E-state index contributed by atoms with van der Waals surface area (Å²) in [5.41, 5.74) is 5.02. The summed E-state index contributed by atoms with van der Waals surface area (Å²) in [6.07, 6.45) is 0.150. The van der Waals surface area contributed by atoms with Gasteiger partial charge < -0.3 is 13.9 Å². The second-order valence-corrected chi connectivity index (χ2v) is 12.4. The fourth-order valence-corrected chi connectivity index (χ4v) is 7.52. The van der Waals surface area contributed by atoms with Crippen LogP contribution in [0.1, 0.15) is 27.8 Å². The number of nitrogens with zero attached hydrogens (tertiary/aromatic N) is 1. The molecule has 5 rings (SSSR count). The molecule has 0 bridgehead atoms. The van der Waals surface area contributed by atoms with E-state index in [1.807, 2.05) is 91.9 Å². The number of hydrogen-bond acceptors (Lipinski definition) is 6. The van der Waals surface area contributed by atoms with Crippen LogP contribution in [0.25, 0.3) is 22.3 Å². The molecule has 0 spiro atoms. The summed E-state index contributed by atoms with van der Waals surface area (Å²) in [5, 5.41) is 1.00. The molecule has 0 fully saturated rings. The summed E-state index contributed by atoms with van der Waals surface area (Å²) >= 11 is 0. The molecule has 0 saturated carbocycles. The smallest absolute Gasteiger partial charge is 0.324 e. The minimum atomic E-state index is -4.20. The van der Waals surface area contributed by atoms with Gasteiger partial charge in [-0.3, -0.25) is 4.79 Å². The van der Waals surface area contributed by atoms with Gasteiger partial charge in [0.2, 0.25) is 10.0 Å². The molecular formula is C35H35NO6S. The topological polar surface area (TPSA) is 86.0 Å². The van der Waals surface area contributed by atoms with Crippen LogP contribution >= 0.6 is 0 Å². The highest BCUT2D eigenvalue weighted by Gasteiger charge is 2.39. The lowest BCUT2D eigenvalue weighted by atomic mass is 10.0. The quantitative estimate of drug-likeness (QED) is 0.161. The van der Waals surface area contributed by atoms with Crippen molar-refractivity contribution in [2.75, 3.05) is 14.2 Å². The van der Waals surface area contributed by atoms with Crippen LogP contribution in [0.5, 0.6) is 5.75 Å². The molecule has 8 heteroatoms. The summed E-state index contributed by atoms with van der Waals surface area (Å²) in [6, 6.07) is 27.3. The number of para-hydroxylation sites is 1. The zero-order valence-electron chi connectivity index (χ0n) is 25.0. The third-order valence-electron chi connectivity index (χ3n) is 7.86. The first kappa shape index (κ1) is 30.1. The highest BCUT2D eigenvalue weighted by atomic mass is 32.2. The van der Waals surface area contributed by atoms with E-state index in [0.717, 1.165) is 27.7 Å². The lowest BCUT2D eigenvalue weighted by Gasteiger charge is -2.31. The van der Waals surface area contributed by atoms with E-state index in [1.54, 1.807) is 27.0 Å². The molecule has 1 atom stereocenters. The number of carbonyl (C=O) groups is 1. The number of sulfonamides is 1. The minimum Gasteiger partial charge on any atom is -0.496 e. The van der Waals surface area contributed by atoms with E-state index in [4.69, 9.17) is 13.9 Å². The van der Waals surface area contributed by atoms with Crippen LogP contribution in [0, 0.1) is 20.8 Å². The maximum Gasteiger partial charge on any atom is 0.324 e.